The Kier molecular flexibility index (Phi) is 1.61. The highest BCUT2D eigenvalue weighted by molar-refractivity contribution is 5.85. The minimum Gasteiger partial charge on any atom is -0.369 e. The number of benzene rings is 1. The van der Waals surface area contributed by atoms with Gasteiger partial charge >= 0.3 is 0 Å². The van der Waals surface area contributed by atoms with Gasteiger partial charge in [0.25, 0.3) is 0 Å². The van der Waals surface area contributed by atoms with E-state index in [9.17, 15) is 4.79 Å². The normalized spacial score (nSPS) is 20.5. The van der Waals surface area contributed by atoms with Crippen molar-refractivity contribution in [2.24, 2.45) is 5.73 Å². The van der Waals surface area contributed by atoms with E-state index in [0.717, 1.165) is 12.0 Å². The lowest BCUT2D eigenvalue weighted by molar-refractivity contribution is -0.118. The summed E-state index contributed by atoms with van der Waals surface area (Å²) < 4.78 is 0. The fourth-order valence-corrected chi connectivity index (χ4v) is 1.66. The highest BCUT2D eigenvalue weighted by atomic mass is 16.1. The number of hydrogen-bond acceptors (Lipinski definition) is 1. The minimum absolute atomic E-state index is 0.166. The van der Waals surface area contributed by atoms with E-state index in [0.29, 0.717) is 0 Å². The molecule has 1 unspecified atom stereocenters. The summed E-state index contributed by atoms with van der Waals surface area (Å²) in [7, 11) is 0. The van der Waals surface area contributed by atoms with Gasteiger partial charge in [0.1, 0.15) is 0 Å². The molecule has 0 saturated heterocycles. The van der Waals surface area contributed by atoms with Crippen LogP contribution in [0.5, 0.6) is 0 Å². The van der Waals surface area contributed by atoms with Gasteiger partial charge < -0.3 is 5.73 Å². The molecule has 1 atom stereocenters. The van der Waals surface area contributed by atoms with Crippen molar-refractivity contribution < 1.29 is 4.79 Å². The lowest BCUT2D eigenvalue weighted by Crippen LogP contribution is -2.19. The first-order valence-electron chi connectivity index (χ1n) is 3.99. The summed E-state index contributed by atoms with van der Waals surface area (Å²) in [4.78, 5) is 11.0. The van der Waals surface area contributed by atoms with E-state index in [4.69, 9.17) is 5.73 Å². The summed E-state index contributed by atoms with van der Waals surface area (Å²) in [6.07, 6.45) is 2.83. The molecule has 1 radical (unpaired) electrons. The van der Waals surface area contributed by atoms with E-state index < -0.39 is 0 Å². The van der Waals surface area contributed by atoms with Crippen molar-refractivity contribution in [2.75, 3.05) is 0 Å². The van der Waals surface area contributed by atoms with Gasteiger partial charge in [0, 0.05) is 0 Å². The number of carbonyl (C=O) groups excluding carboxylic acids is 1. The first kappa shape index (κ1) is 7.35. The second-order valence-electron chi connectivity index (χ2n) is 3.02. The van der Waals surface area contributed by atoms with Crippen molar-refractivity contribution in [2.45, 2.75) is 12.3 Å². The monoisotopic (exact) mass is 160 g/mol. The quantitative estimate of drug-likeness (QED) is 0.654. The average Bonchev–Trinajstić information content (AvgIpc) is 2.47. The molecule has 1 aliphatic carbocycles. The maximum Gasteiger partial charge on any atom is 0.225 e. The van der Waals surface area contributed by atoms with Crippen LogP contribution in [-0.2, 0) is 11.2 Å². The highest BCUT2D eigenvalue weighted by Gasteiger charge is 2.26. The summed E-state index contributed by atoms with van der Waals surface area (Å²) in [5.74, 6) is -0.416. The zero-order valence-electron chi connectivity index (χ0n) is 6.66. The number of hydrogen-bond donors (Lipinski definition) is 1. The van der Waals surface area contributed by atoms with Crippen molar-refractivity contribution in [3.63, 3.8) is 0 Å². The Bertz CT molecular complexity index is 319. The van der Waals surface area contributed by atoms with Gasteiger partial charge in [-0.05, 0) is 24.0 Å². The summed E-state index contributed by atoms with van der Waals surface area (Å²) in [5.41, 5.74) is 7.54. The molecule has 0 fully saturated rings. The molecule has 1 aliphatic rings. The van der Waals surface area contributed by atoms with Crippen LogP contribution >= 0.6 is 0 Å². The van der Waals surface area contributed by atoms with E-state index >= 15 is 0 Å². The maximum absolute atomic E-state index is 11.0. The van der Waals surface area contributed by atoms with Crippen molar-refractivity contribution in [3.8, 4) is 0 Å². The molecule has 1 aromatic carbocycles. The van der Waals surface area contributed by atoms with Gasteiger partial charge in [0.2, 0.25) is 5.91 Å². The first-order chi connectivity index (χ1) is 5.79. The Morgan fingerprint density at radius 1 is 1.42 bits per heavy atom. The number of nitrogens with two attached hydrogens (primary N) is 1. The third-order valence-corrected chi connectivity index (χ3v) is 2.27. The summed E-state index contributed by atoms with van der Waals surface area (Å²) in [6.45, 7) is 0. The molecule has 1 aromatic rings. The van der Waals surface area contributed by atoms with Crippen LogP contribution < -0.4 is 5.73 Å². The van der Waals surface area contributed by atoms with Gasteiger partial charge in [-0.3, -0.25) is 4.79 Å². The Morgan fingerprint density at radius 2 is 2.17 bits per heavy atom. The van der Waals surface area contributed by atoms with Crippen molar-refractivity contribution in [1.29, 1.82) is 0 Å². The average molecular weight is 160 g/mol. The molecular formula is C10H10NO. The van der Waals surface area contributed by atoms with E-state index in [2.05, 4.69) is 0 Å². The van der Waals surface area contributed by atoms with Crippen LogP contribution in [0.2, 0.25) is 0 Å². The minimum atomic E-state index is -0.250. The van der Waals surface area contributed by atoms with E-state index in [-0.39, 0.29) is 11.8 Å². The Balaban J connectivity index is 2.42. The van der Waals surface area contributed by atoms with Crippen LogP contribution in [0.1, 0.15) is 17.0 Å². The van der Waals surface area contributed by atoms with E-state index in [1.165, 1.54) is 5.56 Å². The topological polar surface area (TPSA) is 43.1 Å². The number of carbonyl (C=O) groups is 1. The summed E-state index contributed by atoms with van der Waals surface area (Å²) in [5, 5.41) is 0. The lowest BCUT2D eigenvalue weighted by atomic mass is 10.0. The summed E-state index contributed by atoms with van der Waals surface area (Å²) in [6, 6.07) is 7.92. The van der Waals surface area contributed by atoms with Crippen LogP contribution in [0.15, 0.2) is 24.3 Å². The Hall–Kier alpha value is -1.31. The van der Waals surface area contributed by atoms with Crippen LogP contribution in [-0.4, -0.2) is 5.91 Å². The highest BCUT2D eigenvalue weighted by Crippen LogP contribution is 2.31. The second kappa shape index (κ2) is 2.63. The largest absolute Gasteiger partial charge is 0.369 e. The lowest BCUT2D eigenvalue weighted by Gasteiger charge is -2.04. The zero-order valence-corrected chi connectivity index (χ0v) is 6.66. The number of fused-ring (bicyclic) bond motifs is 1. The fraction of sp³-hybridized carbons (Fsp3) is 0.200. The summed E-state index contributed by atoms with van der Waals surface area (Å²) >= 11 is 0. The van der Waals surface area contributed by atoms with Crippen LogP contribution in [0.25, 0.3) is 0 Å². The SMILES string of the molecule is NC(=O)C1[CH]Cc2ccccc21. The molecule has 2 N–H and O–H groups in total. The molecular weight excluding hydrogens is 150 g/mol. The molecule has 2 nitrogen and oxygen atoms in total. The zero-order chi connectivity index (χ0) is 8.55. The standard InChI is InChI=1S/C10H10NO/c11-10(12)9-6-5-7-3-1-2-4-8(7)9/h1-4,6,9H,5H2,(H2,11,12). The maximum atomic E-state index is 11.0. The second-order valence-corrected chi connectivity index (χ2v) is 3.02. The molecule has 0 saturated carbocycles. The third-order valence-electron chi connectivity index (χ3n) is 2.27. The van der Waals surface area contributed by atoms with Crippen LogP contribution in [0.4, 0.5) is 0 Å². The molecule has 0 aliphatic heterocycles. The predicted octanol–water partition coefficient (Wildman–Crippen LogP) is 1.02. The molecule has 12 heavy (non-hydrogen) atoms. The van der Waals surface area contributed by atoms with Gasteiger partial charge in [-0.15, -0.1) is 0 Å². The first-order valence-corrected chi connectivity index (χ1v) is 3.99. The number of primary amides is 1. The van der Waals surface area contributed by atoms with Gasteiger partial charge in [0.15, 0.2) is 0 Å². The predicted molar refractivity (Wildman–Crippen MR) is 46.4 cm³/mol. The van der Waals surface area contributed by atoms with Crippen molar-refractivity contribution >= 4 is 5.91 Å². The molecule has 0 spiro atoms. The van der Waals surface area contributed by atoms with Crippen molar-refractivity contribution in [1.82, 2.24) is 0 Å². The Morgan fingerprint density at radius 3 is 2.92 bits per heavy atom. The fourth-order valence-electron chi connectivity index (χ4n) is 1.66. The number of rotatable bonds is 1. The van der Waals surface area contributed by atoms with E-state index in [1.54, 1.807) is 0 Å². The molecule has 1 amide bonds. The molecule has 0 bridgehead atoms. The van der Waals surface area contributed by atoms with Gasteiger partial charge in [0.05, 0.1) is 5.92 Å². The smallest absolute Gasteiger partial charge is 0.225 e. The molecule has 0 aromatic heterocycles. The third kappa shape index (κ3) is 0.998. The van der Waals surface area contributed by atoms with Gasteiger partial charge in [-0.25, -0.2) is 0 Å². The Labute approximate surface area is 71.4 Å². The van der Waals surface area contributed by atoms with E-state index in [1.807, 2.05) is 30.7 Å². The van der Waals surface area contributed by atoms with Crippen LogP contribution in [0, 0.1) is 6.42 Å². The van der Waals surface area contributed by atoms with Gasteiger partial charge in [-0.1, -0.05) is 24.3 Å². The molecule has 2 rings (SSSR count). The van der Waals surface area contributed by atoms with Gasteiger partial charge in [-0.2, -0.15) is 0 Å². The van der Waals surface area contributed by atoms with Crippen molar-refractivity contribution in [3.05, 3.63) is 41.8 Å². The molecule has 61 valence electrons. The molecule has 0 heterocycles. The van der Waals surface area contributed by atoms with Crippen LogP contribution in [0.3, 0.4) is 0 Å². The number of amides is 1. The molecule has 2 heteroatoms.